The number of anilines is 2. The van der Waals surface area contributed by atoms with Crippen LogP contribution in [-0.4, -0.2) is 29.8 Å². The van der Waals surface area contributed by atoms with Crippen LogP contribution >= 0.6 is 28.3 Å². The lowest BCUT2D eigenvalue weighted by molar-refractivity contribution is -0.131. The summed E-state index contributed by atoms with van der Waals surface area (Å²) in [5.74, 6) is 0.00819. The van der Waals surface area contributed by atoms with E-state index in [4.69, 9.17) is 5.73 Å². The first-order valence-corrected chi connectivity index (χ1v) is 9.31. The third kappa shape index (κ3) is 8.10. The molecule has 0 aliphatic carbocycles. The number of carbonyl (C=O) groups is 2. The second kappa shape index (κ2) is 12.1. The van der Waals surface area contributed by atoms with Crippen LogP contribution in [0, 0.1) is 6.92 Å². The first-order valence-electron chi connectivity index (χ1n) is 8.52. The molecule has 142 valence electrons. The van der Waals surface area contributed by atoms with Gasteiger partial charge in [0.15, 0.2) is 0 Å². The van der Waals surface area contributed by atoms with Crippen molar-refractivity contribution < 1.29 is 9.59 Å². The van der Waals surface area contributed by atoms with Crippen molar-refractivity contribution in [2.24, 2.45) is 0 Å². The largest absolute Gasteiger partial charge is 0.397 e. The molecule has 0 aliphatic heterocycles. The Hall–Kier alpha value is -1.27. The molecule has 5 nitrogen and oxygen atoms in total. The Balaban J connectivity index is 0.00000576. The Bertz CT molecular complexity index is 576. The summed E-state index contributed by atoms with van der Waals surface area (Å²) in [5.41, 5.74) is 8.07. The van der Waals surface area contributed by atoms with Crippen LogP contribution in [0.2, 0.25) is 0 Å². The van der Waals surface area contributed by atoms with E-state index >= 15 is 0 Å². The van der Waals surface area contributed by atoms with E-state index in [-0.39, 0.29) is 24.2 Å². The van der Waals surface area contributed by atoms with Gasteiger partial charge in [-0.15, -0.1) is 12.4 Å². The number of nitrogens with one attached hydrogen (secondary N) is 1. The van der Waals surface area contributed by atoms with Crippen LogP contribution in [0.15, 0.2) is 16.6 Å². The Morgan fingerprint density at radius 2 is 1.76 bits per heavy atom. The minimum atomic E-state index is -0.121. The zero-order chi connectivity index (χ0) is 18.1. The topological polar surface area (TPSA) is 75.4 Å². The monoisotopic (exact) mass is 433 g/mol. The molecule has 0 saturated heterocycles. The number of aryl methyl sites for hydroxylation is 1. The lowest BCUT2D eigenvalue weighted by Crippen LogP contribution is -2.32. The highest BCUT2D eigenvalue weighted by molar-refractivity contribution is 9.10. The van der Waals surface area contributed by atoms with E-state index in [1.165, 1.54) is 0 Å². The van der Waals surface area contributed by atoms with Gasteiger partial charge >= 0.3 is 0 Å². The summed E-state index contributed by atoms with van der Waals surface area (Å²) in [4.78, 5) is 26.1. The Morgan fingerprint density at radius 1 is 1.16 bits per heavy atom. The van der Waals surface area contributed by atoms with E-state index in [9.17, 15) is 9.59 Å². The number of nitrogens with two attached hydrogens (primary N) is 1. The number of nitrogen functional groups attached to an aromatic ring is 1. The van der Waals surface area contributed by atoms with Crippen LogP contribution in [0.1, 0.15) is 51.5 Å². The van der Waals surface area contributed by atoms with Gasteiger partial charge in [-0.3, -0.25) is 9.59 Å². The fourth-order valence-corrected chi connectivity index (χ4v) is 3.10. The SMILES string of the molecule is CCCN(CCC)C(=O)CCCC(=O)Nc1cc(Br)cc(C)c1N.Cl. The Labute approximate surface area is 165 Å². The zero-order valence-electron chi connectivity index (χ0n) is 15.2. The van der Waals surface area contributed by atoms with E-state index in [2.05, 4.69) is 35.1 Å². The molecule has 25 heavy (non-hydrogen) atoms. The van der Waals surface area contributed by atoms with E-state index in [0.29, 0.717) is 30.6 Å². The second-order valence-electron chi connectivity index (χ2n) is 5.97. The molecular formula is C18H29BrClN3O2. The smallest absolute Gasteiger partial charge is 0.224 e. The van der Waals surface area contributed by atoms with Crippen molar-refractivity contribution in [3.8, 4) is 0 Å². The summed E-state index contributed by atoms with van der Waals surface area (Å²) < 4.78 is 0.870. The highest BCUT2D eigenvalue weighted by Crippen LogP contribution is 2.27. The van der Waals surface area contributed by atoms with E-state index in [0.717, 1.165) is 36.0 Å². The Kier molecular flexibility index (Phi) is 11.5. The number of benzene rings is 1. The van der Waals surface area contributed by atoms with Crippen molar-refractivity contribution in [3.63, 3.8) is 0 Å². The van der Waals surface area contributed by atoms with Gasteiger partial charge in [0.25, 0.3) is 0 Å². The maximum absolute atomic E-state index is 12.2. The molecule has 0 heterocycles. The molecule has 0 aliphatic rings. The van der Waals surface area contributed by atoms with Gasteiger partial charge < -0.3 is 16.0 Å². The second-order valence-corrected chi connectivity index (χ2v) is 6.88. The molecule has 7 heteroatoms. The number of amides is 2. The molecule has 1 aromatic rings. The minimum absolute atomic E-state index is 0. The van der Waals surface area contributed by atoms with Crippen LogP contribution in [0.25, 0.3) is 0 Å². The van der Waals surface area contributed by atoms with Crippen LogP contribution in [-0.2, 0) is 9.59 Å². The van der Waals surface area contributed by atoms with Crippen molar-refractivity contribution >= 4 is 51.5 Å². The highest BCUT2D eigenvalue weighted by Gasteiger charge is 2.13. The molecule has 0 aromatic heterocycles. The lowest BCUT2D eigenvalue weighted by Gasteiger charge is -2.21. The molecule has 0 unspecified atom stereocenters. The average molecular weight is 435 g/mol. The molecule has 0 fully saturated rings. The molecule has 0 bridgehead atoms. The molecule has 0 spiro atoms. The number of halogens is 2. The highest BCUT2D eigenvalue weighted by atomic mass is 79.9. The summed E-state index contributed by atoms with van der Waals surface area (Å²) in [6, 6.07) is 3.69. The summed E-state index contributed by atoms with van der Waals surface area (Å²) in [7, 11) is 0. The third-order valence-corrected chi connectivity index (χ3v) is 4.22. The normalized spacial score (nSPS) is 10.1. The van der Waals surface area contributed by atoms with Crippen molar-refractivity contribution in [1.82, 2.24) is 4.90 Å². The van der Waals surface area contributed by atoms with Crippen LogP contribution < -0.4 is 11.1 Å². The fourth-order valence-electron chi connectivity index (χ4n) is 2.53. The minimum Gasteiger partial charge on any atom is -0.397 e. The zero-order valence-corrected chi connectivity index (χ0v) is 17.6. The third-order valence-electron chi connectivity index (χ3n) is 3.76. The lowest BCUT2D eigenvalue weighted by atomic mass is 10.1. The van der Waals surface area contributed by atoms with Gasteiger partial charge in [0.1, 0.15) is 0 Å². The van der Waals surface area contributed by atoms with Gasteiger partial charge in [0, 0.05) is 30.4 Å². The van der Waals surface area contributed by atoms with Gasteiger partial charge in [-0.1, -0.05) is 29.8 Å². The summed E-state index contributed by atoms with van der Waals surface area (Å²) >= 11 is 3.40. The van der Waals surface area contributed by atoms with Crippen LogP contribution in [0.5, 0.6) is 0 Å². The van der Waals surface area contributed by atoms with Crippen LogP contribution in [0.3, 0.4) is 0 Å². The first-order chi connectivity index (χ1) is 11.4. The number of hydrogen-bond acceptors (Lipinski definition) is 3. The molecule has 0 atom stereocenters. The van der Waals surface area contributed by atoms with Gasteiger partial charge in [0.05, 0.1) is 11.4 Å². The molecule has 2 amide bonds. The standard InChI is InChI=1S/C18H28BrN3O2.ClH/c1-4-9-22(10-5-2)17(24)8-6-7-16(23)21-15-12-14(19)11-13(3)18(15)20;/h11-12H,4-10,20H2,1-3H3,(H,21,23);1H. The number of hydrogen-bond donors (Lipinski definition) is 2. The van der Waals surface area contributed by atoms with Gasteiger partial charge in [-0.25, -0.2) is 0 Å². The summed E-state index contributed by atoms with van der Waals surface area (Å²) in [5, 5.41) is 2.83. The molecule has 1 aromatic carbocycles. The predicted molar refractivity (Wildman–Crippen MR) is 110 cm³/mol. The number of rotatable bonds is 9. The molecule has 3 N–H and O–H groups in total. The molecule has 0 saturated carbocycles. The van der Waals surface area contributed by atoms with Gasteiger partial charge in [0.2, 0.25) is 11.8 Å². The van der Waals surface area contributed by atoms with Gasteiger partial charge in [-0.05, 0) is 43.9 Å². The molecule has 1 rings (SSSR count). The maximum Gasteiger partial charge on any atom is 0.224 e. The van der Waals surface area contributed by atoms with Crippen molar-refractivity contribution in [3.05, 3.63) is 22.2 Å². The number of carbonyl (C=O) groups excluding carboxylic acids is 2. The maximum atomic E-state index is 12.2. The van der Waals surface area contributed by atoms with Crippen molar-refractivity contribution in [2.45, 2.75) is 52.9 Å². The van der Waals surface area contributed by atoms with E-state index in [1.54, 1.807) is 6.07 Å². The van der Waals surface area contributed by atoms with Crippen LogP contribution in [0.4, 0.5) is 11.4 Å². The van der Waals surface area contributed by atoms with E-state index in [1.807, 2.05) is 17.9 Å². The fraction of sp³-hybridized carbons (Fsp3) is 0.556. The summed E-state index contributed by atoms with van der Waals surface area (Å²) in [6.45, 7) is 7.59. The predicted octanol–water partition coefficient (Wildman–Crippen LogP) is 4.52. The summed E-state index contributed by atoms with van der Waals surface area (Å²) in [6.07, 6.45) is 3.16. The van der Waals surface area contributed by atoms with Gasteiger partial charge in [-0.2, -0.15) is 0 Å². The average Bonchev–Trinajstić information content (AvgIpc) is 2.51. The Morgan fingerprint density at radius 3 is 2.32 bits per heavy atom. The number of nitrogens with zero attached hydrogens (tertiary/aromatic N) is 1. The quantitative estimate of drug-likeness (QED) is 0.561. The first kappa shape index (κ1) is 23.7. The van der Waals surface area contributed by atoms with Crippen molar-refractivity contribution in [2.75, 3.05) is 24.1 Å². The molecule has 0 radical (unpaired) electrons. The van der Waals surface area contributed by atoms with E-state index < -0.39 is 0 Å². The van der Waals surface area contributed by atoms with Crippen molar-refractivity contribution in [1.29, 1.82) is 0 Å². The molecular weight excluding hydrogens is 406 g/mol.